The third-order valence-electron chi connectivity index (χ3n) is 2.28. The van der Waals surface area contributed by atoms with Crippen molar-refractivity contribution in [2.24, 2.45) is 16.5 Å². The molecule has 0 fully saturated rings. The van der Waals surface area contributed by atoms with Gasteiger partial charge in [-0.25, -0.2) is 0 Å². The van der Waals surface area contributed by atoms with Crippen LogP contribution in [-0.4, -0.2) is 40.0 Å². The molecule has 0 saturated carbocycles. The number of carboxylic acid groups (broad SMARTS) is 1. The van der Waals surface area contributed by atoms with Crippen molar-refractivity contribution in [3.63, 3.8) is 0 Å². The first kappa shape index (κ1) is 23.0. The van der Waals surface area contributed by atoms with Crippen LogP contribution in [0.15, 0.2) is 4.99 Å². The first-order chi connectivity index (χ1) is 7.31. The van der Waals surface area contributed by atoms with Crippen LogP contribution in [0.25, 0.3) is 0 Å². The highest BCUT2D eigenvalue weighted by molar-refractivity contribution is 8.00. The number of hydrogen-bond donors (Lipinski definition) is 3. The predicted molar refractivity (Wildman–Crippen MR) is 83.4 cm³/mol. The van der Waals surface area contributed by atoms with Crippen LogP contribution in [0.3, 0.4) is 0 Å². The van der Waals surface area contributed by atoms with Crippen molar-refractivity contribution in [2.75, 3.05) is 12.3 Å². The molecule has 0 rings (SSSR count). The summed E-state index contributed by atoms with van der Waals surface area (Å²) < 4.78 is 0. The highest BCUT2D eigenvalue weighted by Gasteiger charge is 2.32. The number of aliphatic carboxylic acids is 1. The standard InChI is InChI=1S/C10H21N3O2S.2ClH/c1-4-10(12,9(14)15)6-16-7(2)5-13-8(3)11;;/h7H,4-6,12H2,1-3H3,(H2,11,13)(H,14,15);2*1H/t7-,10+;;/m1../s1. The Hall–Kier alpha value is -0.170. The molecule has 8 heteroatoms. The quantitative estimate of drug-likeness (QED) is 0.488. The van der Waals surface area contributed by atoms with Gasteiger partial charge in [-0.2, -0.15) is 11.8 Å². The lowest BCUT2D eigenvalue weighted by atomic mass is 10.0. The van der Waals surface area contributed by atoms with E-state index in [9.17, 15) is 4.79 Å². The average Bonchev–Trinajstić information content (AvgIpc) is 2.22. The van der Waals surface area contributed by atoms with Gasteiger partial charge in [0.2, 0.25) is 0 Å². The molecular formula is C10H23Cl2N3O2S. The van der Waals surface area contributed by atoms with Crippen molar-refractivity contribution in [3.8, 4) is 0 Å². The van der Waals surface area contributed by atoms with Crippen LogP contribution in [-0.2, 0) is 4.79 Å². The number of amidine groups is 1. The van der Waals surface area contributed by atoms with Crippen molar-refractivity contribution in [2.45, 2.75) is 38.0 Å². The summed E-state index contributed by atoms with van der Waals surface area (Å²) in [6.07, 6.45) is 0.418. The summed E-state index contributed by atoms with van der Waals surface area (Å²) in [6.45, 7) is 6.08. The van der Waals surface area contributed by atoms with E-state index in [-0.39, 0.29) is 30.1 Å². The van der Waals surface area contributed by atoms with Gasteiger partial charge in [0.15, 0.2) is 0 Å². The van der Waals surface area contributed by atoms with E-state index in [1.165, 1.54) is 11.8 Å². The van der Waals surface area contributed by atoms with Crippen molar-refractivity contribution in [1.29, 1.82) is 0 Å². The van der Waals surface area contributed by atoms with Crippen LogP contribution >= 0.6 is 36.6 Å². The SMILES string of the molecule is CC[C@](N)(CS[C@H](C)CN=C(C)N)C(=O)O.Cl.Cl. The van der Waals surface area contributed by atoms with E-state index < -0.39 is 11.5 Å². The Morgan fingerprint density at radius 2 is 2.00 bits per heavy atom. The second-order valence-corrected chi connectivity index (χ2v) is 5.35. The van der Waals surface area contributed by atoms with Gasteiger partial charge in [-0.05, 0) is 13.3 Å². The molecule has 0 heterocycles. The number of aliphatic imine (C=N–C) groups is 1. The van der Waals surface area contributed by atoms with E-state index in [4.69, 9.17) is 16.6 Å². The maximum absolute atomic E-state index is 10.9. The Morgan fingerprint density at radius 3 is 2.33 bits per heavy atom. The number of nitrogens with zero attached hydrogens (tertiary/aromatic N) is 1. The monoisotopic (exact) mass is 319 g/mol. The molecule has 0 spiro atoms. The van der Waals surface area contributed by atoms with Crippen LogP contribution in [0.1, 0.15) is 27.2 Å². The molecule has 0 bridgehead atoms. The second-order valence-electron chi connectivity index (χ2n) is 3.92. The van der Waals surface area contributed by atoms with Gasteiger partial charge in [-0.1, -0.05) is 13.8 Å². The molecule has 110 valence electrons. The largest absolute Gasteiger partial charge is 0.480 e. The number of hydrogen-bond acceptors (Lipinski definition) is 4. The Morgan fingerprint density at radius 1 is 1.50 bits per heavy atom. The zero-order chi connectivity index (χ0) is 12.8. The van der Waals surface area contributed by atoms with Gasteiger partial charge in [0.05, 0.1) is 12.4 Å². The highest BCUT2D eigenvalue weighted by Crippen LogP contribution is 2.19. The molecule has 0 amide bonds. The fraction of sp³-hybridized carbons (Fsp3) is 0.800. The normalized spacial score (nSPS) is 15.9. The van der Waals surface area contributed by atoms with E-state index in [0.29, 0.717) is 24.6 Å². The first-order valence-corrected chi connectivity index (χ1v) is 6.27. The lowest BCUT2D eigenvalue weighted by Crippen LogP contribution is -2.50. The molecule has 0 aromatic rings. The van der Waals surface area contributed by atoms with Crippen molar-refractivity contribution in [1.82, 2.24) is 0 Å². The summed E-state index contributed by atoms with van der Waals surface area (Å²) in [4.78, 5) is 15.0. The summed E-state index contributed by atoms with van der Waals surface area (Å²) in [7, 11) is 0. The van der Waals surface area contributed by atoms with Gasteiger partial charge < -0.3 is 16.6 Å². The Bertz CT molecular complexity index is 276. The maximum atomic E-state index is 10.9. The maximum Gasteiger partial charge on any atom is 0.324 e. The molecule has 0 saturated heterocycles. The van der Waals surface area contributed by atoms with E-state index in [1.54, 1.807) is 13.8 Å². The topological polar surface area (TPSA) is 102 Å². The zero-order valence-electron chi connectivity index (χ0n) is 10.9. The molecule has 18 heavy (non-hydrogen) atoms. The Kier molecular flexibility index (Phi) is 13.7. The number of nitrogens with two attached hydrogens (primary N) is 2. The minimum absolute atomic E-state index is 0. The minimum Gasteiger partial charge on any atom is -0.480 e. The molecule has 0 aromatic carbocycles. The van der Waals surface area contributed by atoms with Crippen LogP contribution < -0.4 is 11.5 Å². The van der Waals surface area contributed by atoms with E-state index >= 15 is 0 Å². The third-order valence-corrected chi connectivity index (χ3v) is 3.68. The average molecular weight is 320 g/mol. The van der Waals surface area contributed by atoms with Crippen LogP contribution in [0.2, 0.25) is 0 Å². The van der Waals surface area contributed by atoms with Crippen molar-refractivity contribution >= 4 is 48.4 Å². The molecule has 0 aliphatic rings. The lowest BCUT2D eigenvalue weighted by Gasteiger charge is -2.23. The number of carboxylic acids is 1. The number of halogens is 2. The van der Waals surface area contributed by atoms with Gasteiger partial charge in [-0.3, -0.25) is 9.79 Å². The van der Waals surface area contributed by atoms with Crippen molar-refractivity contribution < 1.29 is 9.90 Å². The summed E-state index contributed by atoms with van der Waals surface area (Å²) >= 11 is 1.51. The van der Waals surface area contributed by atoms with E-state index in [2.05, 4.69) is 4.99 Å². The van der Waals surface area contributed by atoms with Crippen LogP contribution in [0, 0.1) is 0 Å². The summed E-state index contributed by atoms with van der Waals surface area (Å²) in [5.74, 6) is -0.0209. The summed E-state index contributed by atoms with van der Waals surface area (Å²) in [6, 6.07) is 0. The molecule has 0 aromatic heterocycles. The van der Waals surface area contributed by atoms with Crippen molar-refractivity contribution in [3.05, 3.63) is 0 Å². The number of thioether (sulfide) groups is 1. The minimum atomic E-state index is -1.14. The molecule has 0 unspecified atom stereocenters. The molecular weight excluding hydrogens is 297 g/mol. The summed E-state index contributed by atoms with van der Waals surface area (Å²) in [5, 5.41) is 9.19. The molecule has 0 aliphatic carbocycles. The highest BCUT2D eigenvalue weighted by atomic mass is 35.5. The van der Waals surface area contributed by atoms with Gasteiger partial charge in [0.1, 0.15) is 5.54 Å². The Balaban J connectivity index is -0.00000112. The van der Waals surface area contributed by atoms with E-state index in [0.717, 1.165) is 0 Å². The number of rotatable bonds is 7. The van der Waals surface area contributed by atoms with Gasteiger partial charge in [0, 0.05) is 11.0 Å². The first-order valence-electron chi connectivity index (χ1n) is 5.22. The smallest absolute Gasteiger partial charge is 0.324 e. The molecule has 2 atom stereocenters. The molecule has 5 nitrogen and oxygen atoms in total. The van der Waals surface area contributed by atoms with E-state index in [1.807, 2.05) is 6.92 Å². The molecule has 5 N–H and O–H groups in total. The van der Waals surface area contributed by atoms with Gasteiger partial charge in [-0.15, -0.1) is 24.8 Å². The fourth-order valence-corrected chi connectivity index (χ4v) is 2.02. The molecule has 0 aliphatic heterocycles. The predicted octanol–water partition coefficient (Wildman–Crippen LogP) is 1.52. The lowest BCUT2D eigenvalue weighted by molar-refractivity contribution is -0.142. The van der Waals surface area contributed by atoms with Crippen LogP contribution in [0.4, 0.5) is 0 Å². The van der Waals surface area contributed by atoms with Crippen LogP contribution in [0.5, 0.6) is 0 Å². The van der Waals surface area contributed by atoms with Gasteiger partial charge in [0.25, 0.3) is 0 Å². The van der Waals surface area contributed by atoms with Gasteiger partial charge >= 0.3 is 5.97 Å². The molecule has 0 radical (unpaired) electrons. The fourth-order valence-electron chi connectivity index (χ4n) is 0.931. The second kappa shape index (κ2) is 10.7. The third kappa shape index (κ3) is 8.85. The number of carbonyl (C=O) groups is 1. The zero-order valence-corrected chi connectivity index (χ0v) is 13.3. The Labute approximate surface area is 125 Å². The summed E-state index contributed by atoms with van der Waals surface area (Å²) in [5.41, 5.74) is 10.0.